The van der Waals surface area contributed by atoms with Crippen molar-refractivity contribution in [2.45, 2.75) is 4.90 Å². The zero-order valence-corrected chi connectivity index (χ0v) is 16.7. The minimum Gasteiger partial charge on any atom is -0.421 e. The minimum absolute atomic E-state index is 0.123. The van der Waals surface area contributed by atoms with Crippen LogP contribution >= 0.6 is 27.5 Å². The van der Waals surface area contributed by atoms with E-state index in [0.717, 1.165) is 4.47 Å². The molecule has 0 radical (unpaired) electrons. The number of morpholine rings is 1. The number of carbonyl (C=O) groups is 1. The fraction of sp³-hybridized carbons (Fsp3) is 0.235. The topological polar surface area (TPSA) is 72.9 Å². The number of sulfonamides is 1. The Hall–Kier alpha value is -1.45. The van der Waals surface area contributed by atoms with Crippen LogP contribution < -0.4 is 4.74 Å². The van der Waals surface area contributed by atoms with E-state index in [1.54, 1.807) is 18.2 Å². The molecule has 0 N–H and O–H groups in total. The van der Waals surface area contributed by atoms with E-state index in [1.165, 1.54) is 28.6 Å². The first-order valence-electron chi connectivity index (χ1n) is 7.73. The lowest BCUT2D eigenvalue weighted by molar-refractivity contribution is 0.0730. The van der Waals surface area contributed by atoms with Crippen LogP contribution in [0.5, 0.6) is 5.75 Å². The van der Waals surface area contributed by atoms with Crippen molar-refractivity contribution in [3.8, 4) is 5.75 Å². The van der Waals surface area contributed by atoms with Gasteiger partial charge >= 0.3 is 5.97 Å². The third kappa shape index (κ3) is 4.27. The van der Waals surface area contributed by atoms with Gasteiger partial charge in [-0.3, -0.25) is 0 Å². The van der Waals surface area contributed by atoms with Crippen LogP contribution in [-0.2, 0) is 14.8 Å². The normalized spacial score (nSPS) is 15.6. The summed E-state index contributed by atoms with van der Waals surface area (Å²) in [5.41, 5.74) is 0.227. The van der Waals surface area contributed by atoms with Crippen molar-refractivity contribution in [3.63, 3.8) is 0 Å². The average molecular weight is 461 g/mol. The van der Waals surface area contributed by atoms with E-state index in [1.807, 2.05) is 0 Å². The molecule has 138 valence electrons. The van der Waals surface area contributed by atoms with Gasteiger partial charge in [-0.2, -0.15) is 4.31 Å². The lowest BCUT2D eigenvalue weighted by Gasteiger charge is -2.26. The highest BCUT2D eigenvalue weighted by molar-refractivity contribution is 9.10. The van der Waals surface area contributed by atoms with Crippen molar-refractivity contribution >= 4 is 43.5 Å². The Bertz CT molecular complexity index is 911. The van der Waals surface area contributed by atoms with Gasteiger partial charge in [0.2, 0.25) is 10.0 Å². The van der Waals surface area contributed by atoms with Gasteiger partial charge in [-0.1, -0.05) is 27.5 Å². The number of nitrogens with zero attached hydrogens (tertiary/aromatic N) is 1. The fourth-order valence-electron chi connectivity index (χ4n) is 2.42. The molecule has 0 unspecified atom stereocenters. The molecule has 1 fully saturated rings. The quantitative estimate of drug-likeness (QED) is 0.517. The molecule has 0 aromatic heterocycles. The summed E-state index contributed by atoms with van der Waals surface area (Å²) in [5.74, 6) is -0.394. The first-order valence-corrected chi connectivity index (χ1v) is 10.3. The summed E-state index contributed by atoms with van der Waals surface area (Å²) in [5, 5.41) is 0.291. The molecule has 0 spiro atoms. The zero-order valence-electron chi connectivity index (χ0n) is 13.5. The second-order valence-corrected chi connectivity index (χ2v) is 8.77. The Morgan fingerprint density at radius 3 is 2.38 bits per heavy atom. The number of esters is 1. The molecular weight excluding hydrogens is 446 g/mol. The number of hydrogen-bond acceptors (Lipinski definition) is 5. The summed E-state index contributed by atoms with van der Waals surface area (Å²) >= 11 is 9.30. The van der Waals surface area contributed by atoms with Crippen molar-refractivity contribution in [2.75, 3.05) is 26.3 Å². The second-order valence-electron chi connectivity index (χ2n) is 5.51. The second kappa shape index (κ2) is 8.06. The molecule has 1 saturated heterocycles. The van der Waals surface area contributed by atoms with Crippen LogP contribution in [-0.4, -0.2) is 45.0 Å². The first kappa shape index (κ1) is 19.3. The van der Waals surface area contributed by atoms with Crippen molar-refractivity contribution in [3.05, 3.63) is 57.5 Å². The van der Waals surface area contributed by atoms with Crippen molar-refractivity contribution in [1.29, 1.82) is 0 Å². The summed E-state index contributed by atoms with van der Waals surface area (Å²) < 4.78 is 37.7. The third-order valence-electron chi connectivity index (χ3n) is 3.79. The summed E-state index contributed by atoms with van der Waals surface area (Å²) in [6, 6.07) is 10.5. The Morgan fingerprint density at radius 1 is 1.12 bits per heavy atom. The lowest BCUT2D eigenvalue weighted by Crippen LogP contribution is -2.40. The highest BCUT2D eigenvalue weighted by Crippen LogP contribution is 2.28. The largest absolute Gasteiger partial charge is 0.421 e. The summed E-state index contributed by atoms with van der Waals surface area (Å²) in [6.45, 7) is 1.37. The SMILES string of the molecule is O=C(Oc1ccc(Br)cc1Cl)c1ccc(S(=O)(=O)N2CCOCC2)cc1. The van der Waals surface area contributed by atoms with Gasteiger partial charge in [0.05, 0.1) is 28.7 Å². The Labute approximate surface area is 164 Å². The Morgan fingerprint density at radius 2 is 1.77 bits per heavy atom. The maximum atomic E-state index is 12.6. The van der Waals surface area contributed by atoms with Crippen LogP contribution in [0.3, 0.4) is 0 Å². The molecule has 1 heterocycles. The molecule has 26 heavy (non-hydrogen) atoms. The maximum absolute atomic E-state index is 12.6. The molecule has 0 saturated carbocycles. The monoisotopic (exact) mass is 459 g/mol. The van der Waals surface area contributed by atoms with Crippen LogP contribution in [0.25, 0.3) is 0 Å². The van der Waals surface area contributed by atoms with Gasteiger partial charge in [0.1, 0.15) is 5.75 Å². The maximum Gasteiger partial charge on any atom is 0.343 e. The number of hydrogen-bond donors (Lipinski definition) is 0. The smallest absolute Gasteiger partial charge is 0.343 e. The highest BCUT2D eigenvalue weighted by Gasteiger charge is 2.26. The Kier molecular flexibility index (Phi) is 5.99. The lowest BCUT2D eigenvalue weighted by atomic mass is 10.2. The molecule has 0 bridgehead atoms. The standard InChI is InChI=1S/C17H15BrClNO5S/c18-13-3-6-16(15(19)11-13)25-17(21)12-1-4-14(5-2-12)26(22,23)20-7-9-24-10-8-20/h1-6,11H,7-10H2. The van der Waals surface area contributed by atoms with E-state index in [-0.39, 0.29) is 16.2 Å². The van der Waals surface area contributed by atoms with Crippen molar-refractivity contribution in [2.24, 2.45) is 0 Å². The fourth-order valence-corrected chi connectivity index (χ4v) is 4.54. The predicted octanol–water partition coefficient (Wildman–Crippen LogP) is 3.34. The van der Waals surface area contributed by atoms with Crippen LogP contribution in [0.2, 0.25) is 5.02 Å². The van der Waals surface area contributed by atoms with Crippen molar-refractivity contribution < 1.29 is 22.7 Å². The van der Waals surface area contributed by atoms with Gasteiger partial charge in [0.25, 0.3) is 0 Å². The van der Waals surface area contributed by atoms with Crippen LogP contribution in [0.1, 0.15) is 10.4 Å². The number of ether oxygens (including phenoxy) is 2. The summed E-state index contributed by atoms with van der Waals surface area (Å²) in [7, 11) is -3.60. The molecule has 9 heteroatoms. The molecule has 1 aliphatic rings. The molecule has 2 aromatic rings. The van der Waals surface area contributed by atoms with Gasteiger partial charge in [0, 0.05) is 17.6 Å². The Balaban J connectivity index is 1.75. The van der Waals surface area contributed by atoms with Crippen LogP contribution in [0.4, 0.5) is 0 Å². The van der Waals surface area contributed by atoms with E-state index in [2.05, 4.69) is 15.9 Å². The van der Waals surface area contributed by atoms with E-state index >= 15 is 0 Å². The molecule has 6 nitrogen and oxygen atoms in total. The highest BCUT2D eigenvalue weighted by atomic mass is 79.9. The van der Waals surface area contributed by atoms with Gasteiger partial charge in [-0.05, 0) is 42.5 Å². The van der Waals surface area contributed by atoms with E-state index in [9.17, 15) is 13.2 Å². The number of rotatable bonds is 4. The van der Waals surface area contributed by atoms with Gasteiger partial charge in [-0.25, -0.2) is 13.2 Å². The van der Waals surface area contributed by atoms with E-state index in [0.29, 0.717) is 31.3 Å². The van der Waals surface area contributed by atoms with Crippen molar-refractivity contribution in [1.82, 2.24) is 4.31 Å². The summed E-state index contributed by atoms with van der Waals surface area (Å²) in [4.78, 5) is 12.4. The summed E-state index contributed by atoms with van der Waals surface area (Å²) in [6.07, 6.45) is 0. The molecule has 0 aliphatic carbocycles. The molecular formula is C17H15BrClNO5S. The molecule has 0 atom stereocenters. The minimum atomic E-state index is -3.60. The van der Waals surface area contributed by atoms with Gasteiger partial charge in [-0.15, -0.1) is 0 Å². The molecule has 1 aliphatic heterocycles. The van der Waals surface area contributed by atoms with E-state index < -0.39 is 16.0 Å². The zero-order chi connectivity index (χ0) is 18.7. The molecule has 2 aromatic carbocycles. The predicted molar refractivity (Wildman–Crippen MR) is 100 cm³/mol. The number of carbonyl (C=O) groups excluding carboxylic acids is 1. The average Bonchev–Trinajstić information content (AvgIpc) is 2.65. The van der Waals surface area contributed by atoms with Gasteiger partial charge < -0.3 is 9.47 Å². The first-order chi connectivity index (χ1) is 12.4. The van der Waals surface area contributed by atoms with Crippen LogP contribution in [0.15, 0.2) is 51.8 Å². The van der Waals surface area contributed by atoms with Gasteiger partial charge in [0.15, 0.2) is 0 Å². The molecule has 0 amide bonds. The third-order valence-corrected chi connectivity index (χ3v) is 6.50. The molecule has 3 rings (SSSR count). The van der Waals surface area contributed by atoms with Crippen LogP contribution in [0, 0.1) is 0 Å². The van der Waals surface area contributed by atoms with E-state index in [4.69, 9.17) is 21.1 Å². The number of halogens is 2. The number of benzene rings is 2.